The minimum absolute atomic E-state index is 0.0824. The highest BCUT2D eigenvalue weighted by molar-refractivity contribution is 5.98. The molecule has 2 fully saturated rings. The first-order chi connectivity index (χ1) is 13.3. The van der Waals surface area contributed by atoms with Crippen LogP contribution < -0.4 is 5.32 Å². The minimum Gasteiger partial charge on any atom is -0.481 e. The molecule has 2 amide bonds. The third-order valence-corrected chi connectivity index (χ3v) is 6.27. The number of carboxylic acids is 1. The van der Waals surface area contributed by atoms with Crippen molar-refractivity contribution in [1.82, 2.24) is 10.2 Å². The molecule has 2 aliphatic rings. The molecule has 0 aromatic heterocycles. The minimum atomic E-state index is -0.892. The van der Waals surface area contributed by atoms with Crippen molar-refractivity contribution in [2.75, 3.05) is 6.54 Å². The summed E-state index contributed by atoms with van der Waals surface area (Å²) in [6, 6.07) is 8.78. The predicted molar refractivity (Wildman–Crippen MR) is 106 cm³/mol. The van der Waals surface area contributed by atoms with Gasteiger partial charge in [0.1, 0.15) is 6.04 Å². The lowest BCUT2D eigenvalue weighted by Crippen LogP contribution is -2.50. The number of rotatable bonds is 6. The van der Waals surface area contributed by atoms with E-state index in [4.69, 9.17) is 0 Å². The molecular formula is C22H30N2O4. The summed E-state index contributed by atoms with van der Waals surface area (Å²) in [7, 11) is 0. The van der Waals surface area contributed by atoms with E-state index >= 15 is 0 Å². The number of nitrogens with one attached hydrogen (secondary N) is 1. The van der Waals surface area contributed by atoms with Crippen LogP contribution in [0.2, 0.25) is 0 Å². The largest absolute Gasteiger partial charge is 0.481 e. The van der Waals surface area contributed by atoms with Crippen molar-refractivity contribution in [3.8, 4) is 0 Å². The Balaban J connectivity index is 1.73. The Morgan fingerprint density at radius 1 is 1.14 bits per heavy atom. The normalized spacial score (nSPS) is 24.5. The van der Waals surface area contributed by atoms with Crippen LogP contribution in [0.4, 0.5) is 0 Å². The van der Waals surface area contributed by atoms with Gasteiger partial charge in [0.25, 0.3) is 5.91 Å². The zero-order chi connectivity index (χ0) is 20.3. The van der Waals surface area contributed by atoms with Crippen LogP contribution in [0.15, 0.2) is 30.3 Å². The fourth-order valence-electron chi connectivity index (χ4n) is 4.44. The van der Waals surface area contributed by atoms with E-state index in [9.17, 15) is 19.5 Å². The highest BCUT2D eigenvalue weighted by atomic mass is 16.4. The summed E-state index contributed by atoms with van der Waals surface area (Å²) in [6.07, 6.45) is 5.27. The van der Waals surface area contributed by atoms with Gasteiger partial charge in [-0.3, -0.25) is 14.4 Å². The van der Waals surface area contributed by atoms with Gasteiger partial charge in [0, 0.05) is 18.2 Å². The Labute approximate surface area is 166 Å². The van der Waals surface area contributed by atoms with E-state index in [0.717, 1.165) is 25.7 Å². The lowest BCUT2D eigenvalue weighted by molar-refractivity contribution is -0.147. The van der Waals surface area contributed by atoms with Gasteiger partial charge in [0.2, 0.25) is 5.91 Å². The van der Waals surface area contributed by atoms with E-state index in [1.165, 1.54) is 0 Å². The summed E-state index contributed by atoms with van der Waals surface area (Å²) < 4.78 is 0. The van der Waals surface area contributed by atoms with Crippen molar-refractivity contribution >= 4 is 17.8 Å². The van der Waals surface area contributed by atoms with E-state index in [1.807, 2.05) is 18.2 Å². The molecule has 0 bridgehead atoms. The molecule has 1 aromatic rings. The molecule has 0 radical (unpaired) electrons. The van der Waals surface area contributed by atoms with Crippen LogP contribution >= 0.6 is 0 Å². The van der Waals surface area contributed by atoms with E-state index in [-0.39, 0.29) is 24.4 Å². The third kappa shape index (κ3) is 4.21. The number of fused-ring (bicyclic) bond motifs is 1. The standard InChI is InChI=1S/C22H30N2O4/c1-22(2,21(27)28)12-13-23-19(25)18-14-16-10-6-7-11-17(16)24(18)20(26)15-8-4-3-5-9-15/h3-5,8-9,16-18H,6-7,10-14H2,1-2H3,(H,23,25)(H,27,28). The van der Waals surface area contributed by atoms with Crippen molar-refractivity contribution < 1.29 is 19.5 Å². The Morgan fingerprint density at radius 3 is 2.50 bits per heavy atom. The predicted octanol–water partition coefficient (Wildman–Crippen LogP) is 3.08. The summed E-state index contributed by atoms with van der Waals surface area (Å²) in [4.78, 5) is 39.2. The molecule has 1 saturated carbocycles. The second-order valence-electron chi connectivity index (χ2n) is 8.67. The van der Waals surface area contributed by atoms with Crippen LogP contribution in [-0.4, -0.2) is 46.4 Å². The number of hydrogen-bond donors (Lipinski definition) is 2. The first-order valence-corrected chi connectivity index (χ1v) is 10.2. The quantitative estimate of drug-likeness (QED) is 0.787. The Hall–Kier alpha value is -2.37. The van der Waals surface area contributed by atoms with Crippen LogP contribution in [-0.2, 0) is 9.59 Å². The zero-order valence-electron chi connectivity index (χ0n) is 16.7. The summed E-state index contributed by atoms with van der Waals surface area (Å²) in [5.74, 6) is -0.761. The number of carbonyl (C=O) groups is 3. The molecule has 2 N–H and O–H groups in total. The van der Waals surface area contributed by atoms with E-state index in [2.05, 4.69) is 5.32 Å². The smallest absolute Gasteiger partial charge is 0.309 e. The van der Waals surface area contributed by atoms with Gasteiger partial charge < -0.3 is 15.3 Å². The number of carbonyl (C=O) groups excluding carboxylic acids is 2. The third-order valence-electron chi connectivity index (χ3n) is 6.27. The SMILES string of the molecule is CC(C)(CCNC(=O)C1CC2CCCCC2N1C(=O)c1ccccc1)C(=O)O. The summed E-state index contributed by atoms with van der Waals surface area (Å²) >= 11 is 0. The Kier molecular flexibility index (Phi) is 6.06. The molecule has 1 saturated heterocycles. The molecule has 6 nitrogen and oxygen atoms in total. The van der Waals surface area contributed by atoms with Gasteiger partial charge in [-0.1, -0.05) is 31.0 Å². The van der Waals surface area contributed by atoms with Crippen LogP contribution in [0.3, 0.4) is 0 Å². The topological polar surface area (TPSA) is 86.7 Å². The summed E-state index contributed by atoms with van der Waals surface area (Å²) in [5.41, 5.74) is -0.283. The molecule has 3 unspecified atom stereocenters. The highest BCUT2D eigenvalue weighted by Gasteiger charge is 2.47. The van der Waals surface area contributed by atoms with Gasteiger partial charge in [0.05, 0.1) is 5.41 Å². The van der Waals surface area contributed by atoms with Gasteiger partial charge in [0.15, 0.2) is 0 Å². The molecule has 1 aliphatic carbocycles. The number of nitrogens with zero attached hydrogens (tertiary/aromatic N) is 1. The lowest BCUT2D eigenvalue weighted by atomic mass is 9.84. The molecule has 0 spiro atoms. The van der Waals surface area contributed by atoms with Crippen molar-refractivity contribution in [1.29, 1.82) is 0 Å². The second-order valence-corrected chi connectivity index (χ2v) is 8.67. The Bertz CT molecular complexity index is 731. The molecule has 1 aromatic carbocycles. The average Bonchev–Trinajstić information content (AvgIpc) is 3.07. The first-order valence-electron chi connectivity index (χ1n) is 10.2. The van der Waals surface area contributed by atoms with E-state index in [1.54, 1.807) is 30.9 Å². The van der Waals surface area contributed by atoms with Crippen LogP contribution in [0, 0.1) is 11.3 Å². The molecular weight excluding hydrogens is 356 g/mol. The second kappa shape index (κ2) is 8.33. The van der Waals surface area contributed by atoms with Gasteiger partial charge in [-0.2, -0.15) is 0 Å². The van der Waals surface area contributed by atoms with E-state index in [0.29, 0.717) is 24.3 Å². The first kappa shape index (κ1) is 20.4. The van der Waals surface area contributed by atoms with E-state index < -0.39 is 17.4 Å². The van der Waals surface area contributed by atoms with Crippen LogP contribution in [0.1, 0.15) is 62.7 Å². The molecule has 1 heterocycles. The van der Waals surface area contributed by atoms with Crippen LogP contribution in [0.5, 0.6) is 0 Å². The summed E-state index contributed by atoms with van der Waals surface area (Å²) in [6.45, 7) is 3.59. The molecule has 6 heteroatoms. The molecule has 3 atom stereocenters. The van der Waals surface area contributed by atoms with Gasteiger partial charge in [-0.15, -0.1) is 0 Å². The average molecular weight is 386 g/mol. The molecule has 152 valence electrons. The fraction of sp³-hybridized carbons (Fsp3) is 0.591. The van der Waals surface area contributed by atoms with Gasteiger partial charge in [-0.25, -0.2) is 0 Å². The van der Waals surface area contributed by atoms with Crippen molar-refractivity contribution in [3.63, 3.8) is 0 Å². The number of amides is 2. The molecule has 28 heavy (non-hydrogen) atoms. The fourth-order valence-corrected chi connectivity index (χ4v) is 4.44. The Morgan fingerprint density at radius 2 is 1.82 bits per heavy atom. The zero-order valence-corrected chi connectivity index (χ0v) is 16.7. The molecule has 3 rings (SSSR count). The monoisotopic (exact) mass is 386 g/mol. The number of benzene rings is 1. The maximum atomic E-state index is 13.2. The van der Waals surface area contributed by atoms with Crippen molar-refractivity contribution in [3.05, 3.63) is 35.9 Å². The maximum Gasteiger partial charge on any atom is 0.309 e. The number of aliphatic carboxylic acids is 1. The van der Waals surface area contributed by atoms with Crippen molar-refractivity contribution in [2.45, 2.75) is 64.5 Å². The van der Waals surface area contributed by atoms with Gasteiger partial charge in [-0.05, 0) is 57.6 Å². The molecule has 1 aliphatic heterocycles. The number of likely N-dealkylation sites (tertiary alicyclic amines) is 1. The summed E-state index contributed by atoms with van der Waals surface area (Å²) in [5, 5.41) is 12.1. The van der Waals surface area contributed by atoms with Crippen LogP contribution in [0.25, 0.3) is 0 Å². The van der Waals surface area contributed by atoms with Crippen molar-refractivity contribution in [2.24, 2.45) is 11.3 Å². The number of hydrogen-bond acceptors (Lipinski definition) is 3. The van der Waals surface area contributed by atoms with Gasteiger partial charge >= 0.3 is 5.97 Å². The highest BCUT2D eigenvalue weighted by Crippen LogP contribution is 2.40. The number of carboxylic acid groups (broad SMARTS) is 1. The maximum absolute atomic E-state index is 13.2. The lowest BCUT2D eigenvalue weighted by Gasteiger charge is -2.33.